The summed E-state index contributed by atoms with van der Waals surface area (Å²) >= 11 is 1.90. The van der Waals surface area contributed by atoms with E-state index in [1.165, 1.54) is 66.9 Å². The summed E-state index contributed by atoms with van der Waals surface area (Å²) in [5.41, 5.74) is 1.70. The number of rotatable bonds is 6. The van der Waals surface area contributed by atoms with Gasteiger partial charge in [0.05, 0.1) is 5.69 Å². The van der Waals surface area contributed by atoms with Crippen molar-refractivity contribution in [3.8, 4) is 0 Å². The Bertz CT molecular complexity index is 411. The third-order valence-corrected chi connectivity index (χ3v) is 6.13. The first-order valence-electron chi connectivity index (χ1n) is 8.10. The fourth-order valence-corrected chi connectivity index (χ4v) is 4.93. The predicted octanol–water partition coefficient (Wildman–Crippen LogP) is 3.05. The van der Waals surface area contributed by atoms with Crippen molar-refractivity contribution < 1.29 is 5.11 Å². The molecule has 2 N–H and O–H groups in total. The van der Waals surface area contributed by atoms with Crippen LogP contribution in [0.5, 0.6) is 0 Å². The summed E-state index contributed by atoms with van der Waals surface area (Å²) in [4.78, 5) is 6.27. The largest absolute Gasteiger partial charge is 0.396 e. The molecular formula is C16H26N2OS. The van der Waals surface area contributed by atoms with Crippen molar-refractivity contribution in [2.45, 2.75) is 64.3 Å². The van der Waals surface area contributed by atoms with E-state index < -0.39 is 0 Å². The molecule has 0 bridgehead atoms. The Morgan fingerprint density at radius 2 is 2.00 bits per heavy atom. The van der Waals surface area contributed by atoms with E-state index in [4.69, 9.17) is 4.98 Å². The Morgan fingerprint density at radius 3 is 2.75 bits per heavy atom. The van der Waals surface area contributed by atoms with E-state index in [1.807, 2.05) is 11.3 Å². The lowest BCUT2D eigenvalue weighted by atomic mass is 9.72. The number of aromatic nitrogens is 1. The molecule has 1 aromatic rings. The van der Waals surface area contributed by atoms with Crippen LogP contribution in [0, 0.1) is 5.41 Å². The summed E-state index contributed by atoms with van der Waals surface area (Å²) in [5, 5.41) is 14.2. The first-order valence-corrected chi connectivity index (χ1v) is 8.92. The minimum Gasteiger partial charge on any atom is -0.396 e. The summed E-state index contributed by atoms with van der Waals surface area (Å²) < 4.78 is 0. The maximum Gasteiger partial charge on any atom is 0.107 e. The van der Waals surface area contributed by atoms with Gasteiger partial charge in [-0.15, -0.1) is 11.3 Å². The monoisotopic (exact) mass is 294 g/mol. The minimum absolute atomic E-state index is 0.327. The van der Waals surface area contributed by atoms with Gasteiger partial charge in [0.15, 0.2) is 0 Å². The van der Waals surface area contributed by atoms with Gasteiger partial charge >= 0.3 is 0 Å². The van der Waals surface area contributed by atoms with Gasteiger partial charge in [-0.1, -0.05) is 19.3 Å². The standard InChI is InChI=1S/C16H26N2OS/c19-10-9-16(7-2-1-3-8-16)12-17-11-15-18-13-5-4-6-14(13)20-15/h17,19H,1-12H2. The molecule has 20 heavy (non-hydrogen) atoms. The van der Waals surface area contributed by atoms with Gasteiger partial charge in [-0.3, -0.25) is 0 Å². The molecule has 0 atom stereocenters. The SMILES string of the molecule is OCCC1(CNCc2nc3c(s2)CCC3)CCCCC1. The molecule has 0 unspecified atom stereocenters. The van der Waals surface area contributed by atoms with Crippen molar-refractivity contribution >= 4 is 11.3 Å². The van der Waals surface area contributed by atoms with Gasteiger partial charge in [0, 0.05) is 24.6 Å². The molecule has 0 radical (unpaired) electrons. The van der Waals surface area contributed by atoms with E-state index in [0.29, 0.717) is 12.0 Å². The number of nitrogens with zero attached hydrogens (tertiary/aromatic N) is 1. The van der Waals surface area contributed by atoms with Crippen LogP contribution in [0.3, 0.4) is 0 Å². The molecule has 1 fully saturated rings. The third kappa shape index (κ3) is 3.23. The molecule has 1 aromatic heterocycles. The smallest absolute Gasteiger partial charge is 0.107 e. The topological polar surface area (TPSA) is 45.1 Å². The molecule has 2 aliphatic carbocycles. The van der Waals surface area contributed by atoms with Crippen LogP contribution in [-0.4, -0.2) is 23.2 Å². The quantitative estimate of drug-likeness (QED) is 0.847. The highest BCUT2D eigenvalue weighted by Gasteiger charge is 2.31. The Morgan fingerprint density at radius 1 is 1.15 bits per heavy atom. The van der Waals surface area contributed by atoms with Crippen molar-refractivity contribution in [2.75, 3.05) is 13.2 Å². The second-order valence-electron chi connectivity index (χ2n) is 6.47. The number of fused-ring (bicyclic) bond motifs is 1. The fraction of sp³-hybridized carbons (Fsp3) is 0.812. The number of thiazole rings is 1. The lowest BCUT2D eigenvalue weighted by Gasteiger charge is -2.37. The summed E-state index contributed by atoms with van der Waals surface area (Å²) in [6, 6.07) is 0. The molecule has 3 rings (SSSR count). The van der Waals surface area contributed by atoms with Crippen molar-refractivity contribution in [1.29, 1.82) is 0 Å². The van der Waals surface area contributed by atoms with Gasteiger partial charge in [-0.2, -0.15) is 0 Å². The van der Waals surface area contributed by atoms with Crippen molar-refractivity contribution in [3.05, 3.63) is 15.6 Å². The molecule has 112 valence electrons. The Balaban J connectivity index is 1.52. The van der Waals surface area contributed by atoms with E-state index in [1.54, 1.807) is 0 Å². The molecule has 0 saturated heterocycles. The number of hydrogen-bond acceptors (Lipinski definition) is 4. The molecule has 2 aliphatic rings. The molecule has 3 nitrogen and oxygen atoms in total. The first kappa shape index (κ1) is 14.5. The van der Waals surface area contributed by atoms with Crippen molar-refractivity contribution in [3.63, 3.8) is 0 Å². The number of hydrogen-bond donors (Lipinski definition) is 2. The average molecular weight is 294 g/mol. The fourth-order valence-electron chi connectivity index (χ4n) is 3.81. The number of aliphatic hydroxyl groups excluding tert-OH is 1. The second-order valence-corrected chi connectivity index (χ2v) is 7.64. The lowest BCUT2D eigenvalue weighted by molar-refractivity contribution is 0.126. The van der Waals surface area contributed by atoms with Crippen LogP contribution in [0.1, 0.15) is 60.5 Å². The maximum atomic E-state index is 9.34. The van der Waals surface area contributed by atoms with Crippen molar-refractivity contribution in [1.82, 2.24) is 10.3 Å². The zero-order valence-corrected chi connectivity index (χ0v) is 13.1. The van der Waals surface area contributed by atoms with Crippen LogP contribution < -0.4 is 5.32 Å². The third-order valence-electron chi connectivity index (χ3n) is 4.97. The second kappa shape index (κ2) is 6.54. The van der Waals surface area contributed by atoms with Gasteiger partial charge in [0.25, 0.3) is 0 Å². The molecule has 4 heteroatoms. The van der Waals surface area contributed by atoms with Crippen LogP contribution in [0.2, 0.25) is 0 Å². The molecule has 0 spiro atoms. The highest BCUT2D eigenvalue weighted by molar-refractivity contribution is 7.11. The van der Waals surface area contributed by atoms with Gasteiger partial charge in [-0.25, -0.2) is 4.98 Å². The van der Waals surface area contributed by atoms with Crippen molar-refractivity contribution in [2.24, 2.45) is 5.41 Å². The van der Waals surface area contributed by atoms with E-state index in [2.05, 4.69) is 5.32 Å². The maximum absolute atomic E-state index is 9.34. The normalized spacial score (nSPS) is 21.1. The van der Waals surface area contributed by atoms with Crippen LogP contribution in [0.25, 0.3) is 0 Å². The zero-order valence-electron chi connectivity index (χ0n) is 12.3. The molecule has 0 aromatic carbocycles. The lowest BCUT2D eigenvalue weighted by Crippen LogP contribution is -2.36. The van der Waals surface area contributed by atoms with Crippen LogP contribution in [0.4, 0.5) is 0 Å². The van der Waals surface area contributed by atoms with Gasteiger partial charge in [0.1, 0.15) is 5.01 Å². The Kier molecular flexibility index (Phi) is 4.74. The number of aliphatic hydroxyl groups is 1. The molecule has 1 heterocycles. The predicted molar refractivity (Wildman–Crippen MR) is 83.1 cm³/mol. The minimum atomic E-state index is 0.327. The molecule has 0 aliphatic heterocycles. The van der Waals surface area contributed by atoms with E-state index in [-0.39, 0.29) is 0 Å². The number of aryl methyl sites for hydroxylation is 2. The zero-order chi connectivity index (χ0) is 13.8. The van der Waals surface area contributed by atoms with E-state index >= 15 is 0 Å². The summed E-state index contributed by atoms with van der Waals surface area (Å²) in [5.74, 6) is 0. The van der Waals surface area contributed by atoms with E-state index in [9.17, 15) is 5.11 Å². The highest BCUT2D eigenvalue weighted by atomic mass is 32.1. The molecule has 0 amide bonds. The van der Waals surface area contributed by atoms with Gasteiger partial charge in [-0.05, 0) is 43.9 Å². The summed E-state index contributed by atoms with van der Waals surface area (Å²) in [6.07, 6.45) is 11.2. The summed E-state index contributed by atoms with van der Waals surface area (Å²) in [6.45, 7) is 2.27. The Hall–Kier alpha value is -0.450. The summed E-state index contributed by atoms with van der Waals surface area (Å²) in [7, 11) is 0. The average Bonchev–Trinajstić information content (AvgIpc) is 3.01. The van der Waals surface area contributed by atoms with Crippen LogP contribution >= 0.6 is 11.3 Å². The molecular weight excluding hydrogens is 268 g/mol. The highest BCUT2D eigenvalue weighted by Crippen LogP contribution is 2.38. The van der Waals surface area contributed by atoms with Gasteiger partial charge in [0.2, 0.25) is 0 Å². The van der Waals surface area contributed by atoms with Crippen LogP contribution in [0.15, 0.2) is 0 Å². The number of nitrogens with one attached hydrogen (secondary N) is 1. The Labute approximate surface area is 125 Å². The van der Waals surface area contributed by atoms with Crippen LogP contribution in [-0.2, 0) is 19.4 Å². The van der Waals surface area contributed by atoms with Gasteiger partial charge < -0.3 is 10.4 Å². The molecule has 1 saturated carbocycles. The van der Waals surface area contributed by atoms with E-state index in [0.717, 1.165) is 19.5 Å². The first-order chi connectivity index (χ1) is 9.81.